The molecule has 0 heterocycles. The van der Waals surface area contributed by atoms with E-state index in [1.807, 2.05) is 0 Å². The Morgan fingerprint density at radius 1 is 0.320 bits per heavy atom. The van der Waals surface area contributed by atoms with Gasteiger partial charge in [-0.3, -0.25) is 0 Å². The summed E-state index contributed by atoms with van der Waals surface area (Å²) in [5.41, 5.74) is 0. The Morgan fingerprint density at radius 3 is 0.400 bits per heavy atom. The van der Waals surface area contributed by atoms with E-state index in [0.717, 1.165) is 0 Å². The van der Waals surface area contributed by atoms with E-state index < -0.39 is 55.4 Å². The van der Waals surface area contributed by atoms with Crippen LogP contribution in [0.1, 0.15) is 0 Å². The molecule has 0 aliphatic carbocycles. The molecule has 0 bridgehead atoms. The quantitative estimate of drug-likeness (QED) is 0.173. The number of hydrogen-bond acceptors (Lipinski definition) is 12. The summed E-state index contributed by atoms with van der Waals surface area (Å²) < 4.78 is 178. The normalized spacial score (nSPS) is 19.0. The molecule has 0 rings (SSSR count). The van der Waals surface area contributed by atoms with E-state index in [1.54, 1.807) is 0 Å². The molecule has 159 valence electrons. The molecule has 25 heteroatoms. The fourth-order valence-corrected chi connectivity index (χ4v) is 49.4. The first-order valence-electron chi connectivity index (χ1n) is 3.91. The van der Waals surface area contributed by atoms with Gasteiger partial charge in [0.25, 0.3) is 0 Å². The van der Waals surface area contributed by atoms with Crippen LogP contribution in [-0.4, -0.2) is 77.8 Å². The molecule has 0 atom stereocenters. The van der Waals surface area contributed by atoms with Crippen molar-refractivity contribution in [1.82, 2.24) is 0 Å². The molecular weight excluding hydrogens is 539 g/mol. The Hall–Kier alpha value is -0.0335. The van der Waals surface area contributed by atoms with Gasteiger partial charge in [-0.1, -0.05) is 0 Å². The summed E-state index contributed by atoms with van der Waals surface area (Å²) in [6, 6.07) is 0. The van der Waals surface area contributed by atoms with Gasteiger partial charge >= 0.3 is 133 Å². The Labute approximate surface area is 132 Å². The topological polar surface area (TPSA) is 326 Å². The van der Waals surface area contributed by atoms with E-state index in [1.165, 1.54) is 0 Å². The van der Waals surface area contributed by atoms with Crippen LogP contribution >= 0.6 is 0 Å². The average Bonchev–Trinajstić information content (AvgIpc) is 2.00. The molecule has 0 aromatic carbocycles. The molecule has 0 spiro atoms. The van der Waals surface area contributed by atoms with Crippen molar-refractivity contribution in [1.29, 1.82) is 0 Å². The Morgan fingerprint density at radius 2 is 0.400 bits per heavy atom. The molecular formula is H6CoO18S6. The van der Waals surface area contributed by atoms with Crippen LogP contribution in [0.3, 0.4) is 0 Å². The molecule has 25 heavy (non-hydrogen) atoms. The summed E-state index contributed by atoms with van der Waals surface area (Å²) in [4.78, 5) is 0. The van der Waals surface area contributed by atoms with Gasteiger partial charge in [0.2, 0.25) is 0 Å². The molecule has 0 fully saturated rings. The summed E-state index contributed by atoms with van der Waals surface area (Å²) in [7, 11) is -52.2. The second-order valence-electron chi connectivity index (χ2n) is 3.17. The van der Waals surface area contributed by atoms with Crippen LogP contribution in [0, 0.1) is 0 Å². The van der Waals surface area contributed by atoms with E-state index >= 15 is 0 Å². The van der Waals surface area contributed by atoms with Crippen molar-refractivity contribution in [2.75, 3.05) is 0 Å². The number of hydrogen-bond donors (Lipinski definition) is 6. The van der Waals surface area contributed by atoms with E-state index in [4.69, 9.17) is 27.3 Å². The molecule has 18 nitrogen and oxygen atoms in total. The van der Waals surface area contributed by atoms with Crippen LogP contribution in [0.25, 0.3) is 0 Å². The zero-order valence-electron chi connectivity index (χ0n) is 10.4. The molecule has 0 aliphatic heterocycles. The van der Waals surface area contributed by atoms with Crippen LogP contribution in [0.4, 0.5) is 0 Å². The third kappa shape index (κ3) is 1.43. The standard InChI is InChI=1S/Co.6HO3S/c;6*1-4(2)3/h;6*(H,1,2,3). The maximum atomic E-state index is 11.5. The van der Waals surface area contributed by atoms with Crippen molar-refractivity contribution in [3.63, 3.8) is 0 Å². The van der Waals surface area contributed by atoms with Gasteiger partial charge in [-0.15, -0.1) is 0 Å². The molecule has 6 N–H and O–H groups in total. The van der Waals surface area contributed by atoms with Crippen molar-refractivity contribution in [3.8, 4) is 0 Å². The molecule has 0 aliphatic rings. The zero-order valence-corrected chi connectivity index (χ0v) is 16.3. The summed E-state index contributed by atoms with van der Waals surface area (Å²) in [5, 5.41) is 0. The molecule has 0 radical (unpaired) electrons. The van der Waals surface area contributed by atoms with Crippen LogP contribution in [-0.2, 0) is 55.4 Å². The molecule has 0 saturated heterocycles. The predicted molar refractivity (Wildman–Crippen MR) is 69.3 cm³/mol. The summed E-state index contributed by atoms with van der Waals surface area (Å²) in [5.74, 6) is 0. The van der Waals surface area contributed by atoms with Crippen LogP contribution in [0.5, 0.6) is 0 Å². The molecule has 0 amide bonds. The van der Waals surface area contributed by atoms with Crippen molar-refractivity contribution >= 4 is 51.5 Å². The molecule has 0 saturated carbocycles. The van der Waals surface area contributed by atoms with Crippen LogP contribution in [0.2, 0.25) is 0 Å². The zero-order chi connectivity index (χ0) is 21.4. The van der Waals surface area contributed by atoms with Crippen LogP contribution < -0.4 is 0 Å². The van der Waals surface area contributed by atoms with Crippen LogP contribution in [0.15, 0.2) is 0 Å². The first-order valence-corrected chi connectivity index (χ1v) is 19.4. The van der Waals surface area contributed by atoms with E-state index in [9.17, 15) is 50.5 Å². The minimum atomic E-state index is -12.3. The van der Waals surface area contributed by atoms with E-state index in [-0.39, 0.29) is 0 Å². The third-order valence-corrected chi connectivity index (χ3v) is 78.2. The Kier molecular flexibility index (Phi) is 4.86. The van der Waals surface area contributed by atoms with Gasteiger partial charge in [0.15, 0.2) is 0 Å². The fourth-order valence-electron chi connectivity index (χ4n) is 1.33. The van der Waals surface area contributed by atoms with Gasteiger partial charge in [0.05, 0.1) is 0 Å². The van der Waals surface area contributed by atoms with Crippen molar-refractivity contribution in [2.24, 2.45) is 0 Å². The second-order valence-corrected chi connectivity index (χ2v) is 47.6. The summed E-state index contributed by atoms with van der Waals surface area (Å²) in [6.45, 7) is 0. The molecule has 0 unspecified atom stereocenters. The monoisotopic (exact) mass is 545 g/mol. The number of rotatable bonds is 6. The minimum absolute atomic E-state index is 8.69. The van der Waals surface area contributed by atoms with Gasteiger partial charge in [0, 0.05) is 0 Å². The average molecular weight is 545 g/mol. The molecule has 0 aromatic rings. The Bertz CT molecular complexity index is 988. The van der Waals surface area contributed by atoms with Crippen molar-refractivity contribution in [3.05, 3.63) is 0 Å². The van der Waals surface area contributed by atoms with Gasteiger partial charge in [-0.05, 0) is 0 Å². The Balaban J connectivity index is 10.5. The fraction of sp³-hybridized carbons (Fsp3) is 0. The third-order valence-electron chi connectivity index (χ3n) is 2.11. The van der Waals surface area contributed by atoms with Crippen molar-refractivity contribution in [2.45, 2.75) is 0 Å². The summed E-state index contributed by atoms with van der Waals surface area (Å²) in [6.07, 6.45) is 0. The van der Waals surface area contributed by atoms with Gasteiger partial charge < -0.3 is 0 Å². The second kappa shape index (κ2) is 4.87. The van der Waals surface area contributed by atoms with Gasteiger partial charge in [-0.25, -0.2) is 0 Å². The first-order chi connectivity index (χ1) is 10.2. The first kappa shape index (κ1) is 25.0. The van der Waals surface area contributed by atoms with E-state index in [2.05, 4.69) is 0 Å². The van der Waals surface area contributed by atoms with E-state index in [0.29, 0.717) is 0 Å². The summed E-state index contributed by atoms with van der Waals surface area (Å²) >= 11 is 0. The SMILES string of the molecule is O=[S](=O)(O)[Co]([S](=O)(=O)O)([S](=O)(=O)O)([S](=O)(=O)O)([S](=O)(=O)O)[S](=O)(=O)O. The van der Waals surface area contributed by atoms with Crippen molar-refractivity contribution < 1.29 is 81.7 Å². The maximum absolute atomic E-state index is 12.3. The van der Waals surface area contributed by atoms with Gasteiger partial charge in [0.1, 0.15) is 0 Å². The molecule has 0 aromatic heterocycles. The predicted octanol–water partition coefficient (Wildman–Crippen LogP) is -3.97. The van der Waals surface area contributed by atoms with Gasteiger partial charge in [-0.2, -0.15) is 0 Å².